The van der Waals surface area contributed by atoms with Gasteiger partial charge in [0.15, 0.2) is 0 Å². The average molecular weight is 207 g/mol. The summed E-state index contributed by atoms with van der Waals surface area (Å²) in [5.41, 5.74) is 2.84. The number of nitrogens with one attached hydrogen (secondary N) is 1. The molecular formula is C12H21N3. The molecule has 1 aliphatic rings. The summed E-state index contributed by atoms with van der Waals surface area (Å²) in [4.78, 5) is 0. The monoisotopic (exact) mass is 207 g/mol. The van der Waals surface area contributed by atoms with Gasteiger partial charge in [-0.1, -0.05) is 13.8 Å². The van der Waals surface area contributed by atoms with E-state index >= 15 is 0 Å². The maximum Gasteiger partial charge on any atom is 0.0540 e. The van der Waals surface area contributed by atoms with Crippen LogP contribution in [0.4, 0.5) is 0 Å². The second-order valence-corrected chi connectivity index (χ2v) is 4.92. The lowest BCUT2D eigenvalue weighted by atomic mass is 9.93. The van der Waals surface area contributed by atoms with Crippen molar-refractivity contribution in [2.45, 2.75) is 39.2 Å². The van der Waals surface area contributed by atoms with Crippen LogP contribution in [0.15, 0.2) is 6.20 Å². The largest absolute Gasteiger partial charge is 0.310 e. The van der Waals surface area contributed by atoms with Crippen molar-refractivity contribution in [2.75, 3.05) is 6.54 Å². The minimum atomic E-state index is 0.532. The molecule has 1 unspecified atom stereocenters. The molecule has 2 rings (SSSR count). The normalized spacial score (nSPS) is 20.7. The molecular weight excluding hydrogens is 186 g/mol. The van der Waals surface area contributed by atoms with Crippen LogP contribution in [-0.4, -0.2) is 16.3 Å². The van der Waals surface area contributed by atoms with Crippen molar-refractivity contribution in [3.63, 3.8) is 0 Å². The fourth-order valence-electron chi connectivity index (χ4n) is 2.30. The lowest BCUT2D eigenvalue weighted by Gasteiger charge is -2.24. The maximum absolute atomic E-state index is 4.35. The van der Waals surface area contributed by atoms with Gasteiger partial charge in [-0.25, -0.2) is 0 Å². The molecule has 15 heavy (non-hydrogen) atoms. The summed E-state index contributed by atoms with van der Waals surface area (Å²) in [5, 5.41) is 7.99. The predicted octanol–water partition coefficient (Wildman–Crippen LogP) is 2.04. The van der Waals surface area contributed by atoms with Gasteiger partial charge >= 0.3 is 0 Å². The van der Waals surface area contributed by atoms with Crippen LogP contribution in [0, 0.1) is 5.92 Å². The van der Waals surface area contributed by atoms with E-state index in [4.69, 9.17) is 0 Å². The van der Waals surface area contributed by atoms with Gasteiger partial charge in [0.25, 0.3) is 0 Å². The standard InChI is InChI=1S/C12H21N3/c1-9(2)7-13-11-5-4-6-12-10(11)8-14-15(12)3/h8-9,11,13H,4-7H2,1-3H3. The zero-order valence-electron chi connectivity index (χ0n) is 9.95. The number of hydrogen-bond acceptors (Lipinski definition) is 2. The zero-order valence-corrected chi connectivity index (χ0v) is 9.95. The van der Waals surface area contributed by atoms with Crippen LogP contribution in [0.25, 0.3) is 0 Å². The first-order chi connectivity index (χ1) is 7.18. The third-order valence-corrected chi connectivity index (χ3v) is 3.15. The molecule has 84 valence electrons. The first-order valence-electron chi connectivity index (χ1n) is 5.92. The third-order valence-electron chi connectivity index (χ3n) is 3.15. The van der Waals surface area contributed by atoms with Crippen LogP contribution >= 0.6 is 0 Å². The zero-order chi connectivity index (χ0) is 10.8. The summed E-state index contributed by atoms with van der Waals surface area (Å²) < 4.78 is 2.03. The molecule has 1 heterocycles. The summed E-state index contributed by atoms with van der Waals surface area (Å²) >= 11 is 0. The molecule has 0 aromatic carbocycles. The average Bonchev–Trinajstić information content (AvgIpc) is 2.58. The van der Waals surface area contributed by atoms with E-state index in [-0.39, 0.29) is 0 Å². The number of fused-ring (bicyclic) bond motifs is 1. The molecule has 0 aliphatic heterocycles. The molecule has 0 amide bonds. The van der Waals surface area contributed by atoms with E-state index in [1.807, 2.05) is 17.9 Å². The van der Waals surface area contributed by atoms with Gasteiger partial charge in [-0.2, -0.15) is 5.10 Å². The van der Waals surface area contributed by atoms with Crippen LogP contribution in [0.1, 0.15) is 44.0 Å². The van der Waals surface area contributed by atoms with Crippen LogP contribution in [-0.2, 0) is 13.5 Å². The predicted molar refractivity (Wildman–Crippen MR) is 61.7 cm³/mol. The summed E-state index contributed by atoms with van der Waals surface area (Å²) in [6.45, 7) is 5.60. The topological polar surface area (TPSA) is 29.9 Å². The SMILES string of the molecule is CC(C)CNC1CCCc2c1cnn2C. The van der Waals surface area contributed by atoms with Crippen molar-refractivity contribution in [1.82, 2.24) is 15.1 Å². The van der Waals surface area contributed by atoms with E-state index in [1.54, 1.807) is 0 Å². The molecule has 0 radical (unpaired) electrons. The van der Waals surface area contributed by atoms with Crippen LogP contribution in [0.5, 0.6) is 0 Å². The molecule has 0 saturated carbocycles. The van der Waals surface area contributed by atoms with Crippen molar-refractivity contribution in [2.24, 2.45) is 13.0 Å². The number of hydrogen-bond donors (Lipinski definition) is 1. The lowest BCUT2D eigenvalue weighted by molar-refractivity contribution is 0.422. The van der Waals surface area contributed by atoms with E-state index in [0.717, 1.165) is 6.54 Å². The van der Waals surface area contributed by atoms with Crippen molar-refractivity contribution < 1.29 is 0 Å². The highest BCUT2D eigenvalue weighted by Gasteiger charge is 2.22. The molecule has 1 aliphatic carbocycles. The number of rotatable bonds is 3. The Morgan fingerprint density at radius 3 is 3.13 bits per heavy atom. The highest BCUT2D eigenvalue weighted by Crippen LogP contribution is 2.28. The summed E-state index contributed by atoms with van der Waals surface area (Å²) in [7, 11) is 2.05. The Balaban J connectivity index is 2.09. The molecule has 1 N–H and O–H groups in total. The minimum Gasteiger partial charge on any atom is -0.310 e. The summed E-state index contributed by atoms with van der Waals surface area (Å²) in [6, 6.07) is 0.532. The van der Waals surface area contributed by atoms with Crippen molar-refractivity contribution in [3.8, 4) is 0 Å². The van der Waals surface area contributed by atoms with Gasteiger partial charge < -0.3 is 5.32 Å². The molecule has 3 nitrogen and oxygen atoms in total. The van der Waals surface area contributed by atoms with E-state index in [1.165, 1.54) is 30.5 Å². The Kier molecular flexibility index (Phi) is 3.10. The highest BCUT2D eigenvalue weighted by molar-refractivity contribution is 5.24. The molecule has 3 heteroatoms. The van der Waals surface area contributed by atoms with Gasteiger partial charge in [0, 0.05) is 24.3 Å². The Bertz CT molecular complexity index is 328. The third kappa shape index (κ3) is 2.23. The van der Waals surface area contributed by atoms with Gasteiger partial charge in [0.1, 0.15) is 0 Å². The van der Waals surface area contributed by atoms with Crippen molar-refractivity contribution >= 4 is 0 Å². The molecule has 1 aromatic rings. The van der Waals surface area contributed by atoms with Gasteiger partial charge in [0.2, 0.25) is 0 Å². The number of aromatic nitrogens is 2. The molecule has 0 fully saturated rings. The first kappa shape index (κ1) is 10.7. The lowest BCUT2D eigenvalue weighted by Crippen LogP contribution is -2.28. The molecule has 0 bridgehead atoms. The van der Waals surface area contributed by atoms with Crippen LogP contribution in [0.2, 0.25) is 0 Å². The quantitative estimate of drug-likeness (QED) is 0.822. The Morgan fingerprint density at radius 2 is 2.40 bits per heavy atom. The summed E-state index contributed by atoms with van der Waals surface area (Å²) in [5.74, 6) is 0.715. The highest BCUT2D eigenvalue weighted by atomic mass is 15.3. The summed E-state index contributed by atoms with van der Waals surface area (Å²) in [6.07, 6.45) is 5.76. The fraction of sp³-hybridized carbons (Fsp3) is 0.750. The molecule has 1 aromatic heterocycles. The minimum absolute atomic E-state index is 0.532. The second-order valence-electron chi connectivity index (χ2n) is 4.92. The smallest absolute Gasteiger partial charge is 0.0540 e. The first-order valence-corrected chi connectivity index (χ1v) is 5.92. The molecule has 0 spiro atoms. The Labute approximate surface area is 91.9 Å². The number of aryl methyl sites for hydroxylation is 1. The van der Waals surface area contributed by atoms with Gasteiger partial charge in [0.05, 0.1) is 6.20 Å². The van der Waals surface area contributed by atoms with Crippen LogP contribution in [0.3, 0.4) is 0 Å². The van der Waals surface area contributed by atoms with Crippen molar-refractivity contribution in [3.05, 3.63) is 17.5 Å². The Hall–Kier alpha value is -0.830. The van der Waals surface area contributed by atoms with Gasteiger partial charge in [-0.15, -0.1) is 0 Å². The van der Waals surface area contributed by atoms with E-state index in [9.17, 15) is 0 Å². The second kappa shape index (κ2) is 4.35. The van der Waals surface area contributed by atoms with Gasteiger partial charge in [-0.05, 0) is 31.7 Å². The van der Waals surface area contributed by atoms with Gasteiger partial charge in [-0.3, -0.25) is 4.68 Å². The molecule has 1 atom stereocenters. The van der Waals surface area contributed by atoms with E-state index in [2.05, 4.69) is 24.3 Å². The van der Waals surface area contributed by atoms with Crippen molar-refractivity contribution in [1.29, 1.82) is 0 Å². The van der Waals surface area contributed by atoms with Crippen LogP contribution < -0.4 is 5.32 Å². The number of nitrogens with zero attached hydrogens (tertiary/aromatic N) is 2. The fourth-order valence-corrected chi connectivity index (χ4v) is 2.30. The van der Waals surface area contributed by atoms with E-state index in [0.29, 0.717) is 12.0 Å². The van der Waals surface area contributed by atoms with E-state index < -0.39 is 0 Å². The Morgan fingerprint density at radius 1 is 1.60 bits per heavy atom. The molecule has 0 saturated heterocycles. The maximum atomic E-state index is 4.35.